The highest BCUT2D eigenvalue weighted by molar-refractivity contribution is 5.95. The van der Waals surface area contributed by atoms with Gasteiger partial charge in [-0.15, -0.1) is 0 Å². The molecule has 0 rings (SSSR count). The number of carboxylic acids is 2. The van der Waals surface area contributed by atoms with Crippen molar-refractivity contribution < 1.29 is 24.6 Å². The Kier molecular flexibility index (Phi) is 5.08. The maximum Gasteiger partial charge on any atom is 0.328 e. The van der Waals surface area contributed by atoms with Gasteiger partial charge >= 0.3 is 11.9 Å². The molecule has 0 aliphatic rings. The van der Waals surface area contributed by atoms with Crippen LogP contribution in [0.3, 0.4) is 0 Å². The molecule has 0 saturated carbocycles. The number of rotatable bonds is 5. The zero-order valence-electron chi connectivity index (χ0n) is 8.43. The molecule has 0 aromatic carbocycles. The van der Waals surface area contributed by atoms with Gasteiger partial charge in [-0.3, -0.25) is 4.79 Å². The first-order valence-electron chi connectivity index (χ1n) is 4.29. The van der Waals surface area contributed by atoms with Gasteiger partial charge < -0.3 is 15.5 Å². The van der Waals surface area contributed by atoms with Crippen molar-refractivity contribution in [1.29, 1.82) is 0 Å². The molecule has 0 spiro atoms. The third-order valence-electron chi connectivity index (χ3n) is 1.61. The number of nitrogens with one attached hydrogen (secondary N) is 1. The lowest BCUT2D eigenvalue weighted by Crippen LogP contribution is -2.43. The Morgan fingerprint density at radius 3 is 2.00 bits per heavy atom. The summed E-state index contributed by atoms with van der Waals surface area (Å²) < 4.78 is 0. The molecule has 15 heavy (non-hydrogen) atoms. The Morgan fingerprint density at radius 2 is 1.67 bits per heavy atom. The minimum Gasteiger partial charge on any atom is -0.480 e. The molecule has 6 heteroatoms. The molecule has 0 heterocycles. The molecule has 84 valence electrons. The second-order valence-electron chi connectivity index (χ2n) is 3.24. The summed E-state index contributed by atoms with van der Waals surface area (Å²) in [5.74, 6) is -3.42. The Labute approximate surface area is 86.6 Å². The molecule has 0 saturated heterocycles. The van der Waals surface area contributed by atoms with Crippen molar-refractivity contribution in [3.05, 3.63) is 12.2 Å². The number of aliphatic carboxylic acids is 2. The summed E-state index contributed by atoms with van der Waals surface area (Å²) in [5, 5.41) is 19.1. The number of carbonyl (C=O) groups is 3. The molecular weight excluding hydrogens is 202 g/mol. The van der Waals surface area contributed by atoms with Gasteiger partial charge in [-0.2, -0.15) is 0 Å². The summed E-state index contributed by atoms with van der Waals surface area (Å²) in [4.78, 5) is 31.8. The number of hydrogen-bond acceptors (Lipinski definition) is 3. The van der Waals surface area contributed by atoms with Crippen molar-refractivity contribution in [2.24, 2.45) is 5.92 Å². The van der Waals surface area contributed by atoms with E-state index in [-0.39, 0.29) is 5.92 Å². The third kappa shape index (κ3) is 5.45. The van der Waals surface area contributed by atoms with E-state index in [1.165, 1.54) is 0 Å². The summed E-state index contributed by atoms with van der Waals surface area (Å²) in [5.41, 5.74) is 0. The normalized spacial score (nSPS) is 12.7. The first-order valence-corrected chi connectivity index (χ1v) is 4.29. The van der Waals surface area contributed by atoms with Crippen molar-refractivity contribution in [2.45, 2.75) is 19.9 Å². The molecule has 0 aliphatic heterocycles. The molecule has 1 atom stereocenters. The minimum absolute atomic E-state index is 0.273. The Morgan fingerprint density at radius 1 is 1.13 bits per heavy atom. The maximum absolute atomic E-state index is 11.0. The van der Waals surface area contributed by atoms with Crippen molar-refractivity contribution in [3.8, 4) is 0 Å². The van der Waals surface area contributed by atoms with Gasteiger partial charge in [-0.25, -0.2) is 9.59 Å². The molecule has 0 aromatic heterocycles. The zero-order chi connectivity index (χ0) is 12.0. The summed E-state index contributed by atoms with van der Waals surface area (Å²) in [6.07, 6.45) is 1.43. The number of carbonyl (C=O) groups excluding carboxylic acids is 1. The Hall–Kier alpha value is -1.85. The third-order valence-corrected chi connectivity index (χ3v) is 1.61. The predicted molar refractivity (Wildman–Crippen MR) is 51.2 cm³/mol. The lowest BCUT2D eigenvalue weighted by Gasteiger charge is -2.16. The van der Waals surface area contributed by atoms with E-state index in [4.69, 9.17) is 10.2 Å². The fraction of sp³-hybridized carbons (Fsp3) is 0.444. The van der Waals surface area contributed by atoms with Gasteiger partial charge in [0.25, 0.3) is 0 Å². The van der Waals surface area contributed by atoms with Gasteiger partial charge in [0.15, 0.2) is 0 Å². The first kappa shape index (κ1) is 13.2. The monoisotopic (exact) mass is 215 g/mol. The second-order valence-corrected chi connectivity index (χ2v) is 3.24. The summed E-state index contributed by atoms with van der Waals surface area (Å²) >= 11 is 0. The summed E-state index contributed by atoms with van der Waals surface area (Å²) in [6.45, 7) is 3.28. The van der Waals surface area contributed by atoms with E-state index in [1.54, 1.807) is 13.8 Å². The molecule has 6 nitrogen and oxygen atoms in total. The van der Waals surface area contributed by atoms with Crippen LogP contribution in [0, 0.1) is 5.92 Å². The van der Waals surface area contributed by atoms with Crippen molar-refractivity contribution in [2.75, 3.05) is 0 Å². The van der Waals surface area contributed by atoms with Crippen LogP contribution in [0.5, 0.6) is 0 Å². The molecule has 3 N–H and O–H groups in total. The van der Waals surface area contributed by atoms with Crippen LogP contribution in [-0.4, -0.2) is 34.1 Å². The topological polar surface area (TPSA) is 104 Å². The van der Waals surface area contributed by atoms with Crippen LogP contribution < -0.4 is 5.32 Å². The average Bonchev–Trinajstić information content (AvgIpc) is 2.09. The predicted octanol–water partition coefficient (Wildman–Crippen LogP) is -0.147. The van der Waals surface area contributed by atoms with Crippen LogP contribution in [0.4, 0.5) is 0 Å². The zero-order valence-corrected chi connectivity index (χ0v) is 8.43. The fourth-order valence-electron chi connectivity index (χ4n) is 0.862. The van der Waals surface area contributed by atoms with Gasteiger partial charge in [0.1, 0.15) is 6.04 Å². The molecule has 0 radical (unpaired) electrons. The Bertz CT molecular complexity index is 295. The molecule has 0 aliphatic carbocycles. The van der Waals surface area contributed by atoms with Gasteiger partial charge in [0.2, 0.25) is 5.91 Å². The first-order chi connectivity index (χ1) is 6.84. The van der Waals surface area contributed by atoms with Crippen LogP contribution in [-0.2, 0) is 14.4 Å². The Balaban J connectivity index is 4.37. The molecule has 1 amide bonds. The average molecular weight is 215 g/mol. The fourth-order valence-corrected chi connectivity index (χ4v) is 0.862. The maximum atomic E-state index is 11.0. The van der Waals surface area contributed by atoms with E-state index in [1.807, 2.05) is 0 Å². The van der Waals surface area contributed by atoms with E-state index in [2.05, 4.69) is 5.32 Å². The van der Waals surface area contributed by atoms with Gasteiger partial charge in [-0.1, -0.05) is 13.8 Å². The number of amides is 1. The second kappa shape index (κ2) is 5.79. The molecular formula is C9H13NO5. The number of hydrogen-bond donors (Lipinski definition) is 3. The number of carboxylic acid groups (broad SMARTS) is 2. The van der Waals surface area contributed by atoms with Crippen molar-refractivity contribution in [1.82, 2.24) is 5.32 Å². The highest BCUT2D eigenvalue weighted by Gasteiger charge is 2.22. The molecule has 0 fully saturated rings. The summed E-state index contributed by atoms with van der Waals surface area (Å²) in [7, 11) is 0. The lowest BCUT2D eigenvalue weighted by molar-refractivity contribution is -0.142. The van der Waals surface area contributed by atoms with Gasteiger partial charge in [0, 0.05) is 12.2 Å². The lowest BCUT2D eigenvalue weighted by atomic mass is 10.1. The van der Waals surface area contributed by atoms with Crippen LogP contribution in [0.15, 0.2) is 12.2 Å². The molecule has 0 bridgehead atoms. The SMILES string of the molecule is CC(C)[C@H](NC(=O)/C=C\C(=O)O)C(=O)O. The van der Waals surface area contributed by atoms with Crippen molar-refractivity contribution in [3.63, 3.8) is 0 Å². The molecule has 0 aromatic rings. The largest absolute Gasteiger partial charge is 0.480 e. The quantitative estimate of drug-likeness (QED) is 0.553. The highest BCUT2D eigenvalue weighted by Crippen LogP contribution is 2.01. The van der Waals surface area contributed by atoms with E-state index in [9.17, 15) is 14.4 Å². The highest BCUT2D eigenvalue weighted by atomic mass is 16.4. The molecule has 0 unspecified atom stereocenters. The summed E-state index contributed by atoms with van der Waals surface area (Å²) in [6, 6.07) is -1.02. The van der Waals surface area contributed by atoms with Crippen molar-refractivity contribution >= 4 is 17.8 Å². The van der Waals surface area contributed by atoms with E-state index < -0.39 is 23.9 Å². The van der Waals surface area contributed by atoms with Crippen LogP contribution in [0.1, 0.15) is 13.8 Å². The van der Waals surface area contributed by atoms with Gasteiger partial charge in [0.05, 0.1) is 0 Å². The van der Waals surface area contributed by atoms with Crippen LogP contribution in [0.2, 0.25) is 0 Å². The smallest absolute Gasteiger partial charge is 0.328 e. The van der Waals surface area contributed by atoms with Crippen LogP contribution in [0.25, 0.3) is 0 Å². The van der Waals surface area contributed by atoms with E-state index >= 15 is 0 Å². The van der Waals surface area contributed by atoms with Gasteiger partial charge in [-0.05, 0) is 5.92 Å². The van der Waals surface area contributed by atoms with E-state index in [0.717, 1.165) is 6.08 Å². The van der Waals surface area contributed by atoms with Crippen LogP contribution >= 0.6 is 0 Å². The standard InChI is InChI=1S/C9H13NO5/c1-5(2)8(9(14)15)10-6(11)3-4-7(12)13/h3-5,8H,1-2H3,(H,10,11)(H,12,13)(H,14,15)/b4-3-/t8-/m0/s1. The van der Waals surface area contributed by atoms with E-state index in [0.29, 0.717) is 6.08 Å². The minimum atomic E-state index is -1.26.